The molecular formula is C13H18N4O2S. The first-order valence-electron chi connectivity index (χ1n) is 6.67. The molecule has 0 spiro atoms. The molecule has 0 aromatic carbocycles. The number of nitrogens with zero attached hydrogens (tertiary/aromatic N) is 3. The van der Waals surface area contributed by atoms with Crippen LogP contribution < -0.4 is 5.32 Å². The molecule has 0 amide bonds. The van der Waals surface area contributed by atoms with Crippen molar-refractivity contribution in [1.82, 2.24) is 20.4 Å². The van der Waals surface area contributed by atoms with Crippen molar-refractivity contribution in [3.63, 3.8) is 0 Å². The predicted molar refractivity (Wildman–Crippen MR) is 76.6 cm³/mol. The number of rotatable bonds is 5. The largest absolute Gasteiger partial charge is 0.374 e. The lowest BCUT2D eigenvalue weighted by atomic mass is 10.3. The zero-order valence-corrected chi connectivity index (χ0v) is 12.2. The molecule has 3 heterocycles. The SMILES string of the molecule is CN(Cc1noc(-c2ccsc2)n1)CC1CNCCO1. The van der Waals surface area contributed by atoms with E-state index in [2.05, 4.69) is 20.4 Å². The monoisotopic (exact) mass is 294 g/mol. The van der Waals surface area contributed by atoms with Crippen molar-refractivity contribution in [3.05, 3.63) is 22.7 Å². The maximum absolute atomic E-state index is 5.68. The standard InChI is InChI=1S/C13H18N4O2S/c1-17(7-11-6-14-3-4-18-11)8-12-15-13(19-16-12)10-2-5-20-9-10/h2,5,9,11,14H,3-4,6-8H2,1H3. The van der Waals surface area contributed by atoms with Gasteiger partial charge in [0, 0.05) is 25.0 Å². The molecule has 1 unspecified atom stereocenters. The van der Waals surface area contributed by atoms with Gasteiger partial charge < -0.3 is 14.6 Å². The Bertz CT molecular complexity index is 522. The second-order valence-electron chi connectivity index (χ2n) is 4.92. The first kappa shape index (κ1) is 13.7. The van der Waals surface area contributed by atoms with E-state index in [1.165, 1.54) is 0 Å². The van der Waals surface area contributed by atoms with E-state index in [0.29, 0.717) is 18.3 Å². The summed E-state index contributed by atoms with van der Waals surface area (Å²) in [4.78, 5) is 6.57. The van der Waals surface area contributed by atoms with Gasteiger partial charge in [-0.15, -0.1) is 0 Å². The highest BCUT2D eigenvalue weighted by atomic mass is 32.1. The second-order valence-corrected chi connectivity index (χ2v) is 5.70. The molecule has 0 saturated carbocycles. The molecular weight excluding hydrogens is 276 g/mol. The van der Waals surface area contributed by atoms with Gasteiger partial charge in [0.15, 0.2) is 5.82 Å². The number of nitrogens with one attached hydrogen (secondary N) is 1. The molecule has 1 N–H and O–H groups in total. The van der Waals surface area contributed by atoms with Gasteiger partial charge >= 0.3 is 0 Å². The third kappa shape index (κ3) is 3.43. The lowest BCUT2D eigenvalue weighted by molar-refractivity contribution is 0.00840. The third-order valence-corrected chi connectivity index (χ3v) is 3.85. The molecule has 108 valence electrons. The van der Waals surface area contributed by atoms with Crippen LogP contribution >= 0.6 is 11.3 Å². The Balaban J connectivity index is 1.54. The van der Waals surface area contributed by atoms with Gasteiger partial charge in [-0.3, -0.25) is 4.90 Å². The van der Waals surface area contributed by atoms with Crippen molar-refractivity contribution in [2.45, 2.75) is 12.6 Å². The zero-order chi connectivity index (χ0) is 13.8. The highest BCUT2D eigenvalue weighted by Crippen LogP contribution is 2.20. The van der Waals surface area contributed by atoms with Crippen LogP contribution in [0.3, 0.4) is 0 Å². The predicted octanol–water partition coefficient (Wildman–Crippen LogP) is 1.22. The summed E-state index contributed by atoms with van der Waals surface area (Å²) in [5.74, 6) is 1.29. The Kier molecular flexibility index (Phi) is 4.41. The van der Waals surface area contributed by atoms with E-state index < -0.39 is 0 Å². The van der Waals surface area contributed by atoms with Crippen LogP contribution in [0.25, 0.3) is 11.5 Å². The summed E-state index contributed by atoms with van der Waals surface area (Å²) in [7, 11) is 2.04. The fourth-order valence-corrected chi connectivity index (χ4v) is 2.84. The van der Waals surface area contributed by atoms with Gasteiger partial charge in [-0.1, -0.05) is 5.16 Å². The number of morpholine rings is 1. The maximum atomic E-state index is 5.68. The van der Waals surface area contributed by atoms with Crippen LogP contribution in [-0.2, 0) is 11.3 Å². The van der Waals surface area contributed by atoms with Gasteiger partial charge in [0.2, 0.25) is 0 Å². The normalized spacial score (nSPS) is 19.6. The van der Waals surface area contributed by atoms with Crippen LogP contribution in [0.1, 0.15) is 5.82 Å². The minimum absolute atomic E-state index is 0.233. The lowest BCUT2D eigenvalue weighted by Gasteiger charge is -2.27. The van der Waals surface area contributed by atoms with E-state index in [4.69, 9.17) is 9.26 Å². The first-order valence-corrected chi connectivity index (χ1v) is 7.61. The summed E-state index contributed by atoms with van der Waals surface area (Å²) in [6, 6.07) is 1.98. The summed E-state index contributed by atoms with van der Waals surface area (Å²) < 4.78 is 11.0. The number of hydrogen-bond acceptors (Lipinski definition) is 7. The third-order valence-electron chi connectivity index (χ3n) is 3.17. The Hall–Kier alpha value is -1.28. The van der Waals surface area contributed by atoms with Crippen LogP contribution in [0.5, 0.6) is 0 Å². The number of hydrogen-bond donors (Lipinski definition) is 1. The Labute approximate surface area is 121 Å². The van der Waals surface area contributed by atoms with Crippen LogP contribution in [0.15, 0.2) is 21.3 Å². The average Bonchev–Trinajstić information content (AvgIpc) is 3.10. The molecule has 1 atom stereocenters. The molecule has 0 bridgehead atoms. The van der Waals surface area contributed by atoms with Gasteiger partial charge in [0.25, 0.3) is 5.89 Å². The van der Waals surface area contributed by atoms with Crippen molar-refractivity contribution in [1.29, 1.82) is 0 Å². The quantitative estimate of drug-likeness (QED) is 0.894. The maximum Gasteiger partial charge on any atom is 0.258 e. The number of ether oxygens (including phenoxy) is 1. The van der Waals surface area contributed by atoms with Gasteiger partial charge in [-0.2, -0.15) is 16.3 Å². The lowest BCUT2D eigenvalue weighted by Crippen LogP contribution is -2.44. The molecule has 7 heteroatoms. The van der Waals surface area contributed by atoms with Crippen LogP contribution in [0.2, 0.25) is 0 Å². The van der Waals surface area contributed by atoms with Crippen LogP contribution in [0, 0.1) is 0 Å². The van der Waals surface area contributed by atoms with Gasteiger partial charge in [0.05, 0.1) is 24.8 Å². The van der Waals surface area contributed by atoms with Crippen molar-refractivity contribution in [2.75, 3.05) is 33.3 Å². The van der Waals surface area contributed by atoms with E-state index in [9.17, 15) is 0 Å². The summed E-state index contributed by atoms with van der Waals surface area (Å²) in [5, 5.41) is 11.4. The van der Waals surface area contributed by atoms with E-state index in [-0.39, 0.29) is 6.10 Å². The minimum Gasteiger partial charge on any atom is -0.374 e. The smallest absolute Gasteiger partial charge is 0.258 e. The molecule has 1 aliphatic rings. The van der Waals surface area contributed by atoms with Crippen molar-refractivity contribution < 1.29 is 9.26 Å². The Morgan fingerprint density at radius 2 is 2.50 bits per heavy atom. The zero-order valence-electron chi connectivity index (χ0n) is 11.4. The van der Waals surface area contributed by atoms with Gasteiger partial charge in [-0.05, 0) is 18.5 Å². The molecule has 1 saturated heterocycles. The van der Waals surface area contributed by atoms with E-state index in [1.54, 1.807) is 11.3 Å². The molecule has 0 aliphatic carbocycles. The van der Waals surface area contributed by atoms with Crippen LogP contribution in [0.4, 0.5) is 0 Å². The molecule has 1 fully saturated rings. The van der Waals surface area contributed by atoms with Crippen molar-refractivity contribution in [2.24, 2.45) is 0 Å². The highest BCUT2D eigenvalue weighted by Gasteiger charge is 2.17. The number of thiophene rings is 1. The molecule has 2 aromatic heterocycles. The summed E-state index contributed by atoms with van der Waals surface area (Å²) in [6.45, 7) is 4.14. The van der Waals surface area contributed by atoms with Crippen LogP contribution in [-0.4, -0.2) is 54.4 Å². The highest BCUT2D eigenvalue weighted by molar-refractivity contribution is 7.08. The van der Waals surface area contributed by atoms with E-state index >= 15 is 0 Å². The molecule has 20 heavy (non-hydrogen) atoms. The summed E-state index contributed by atoms with van der Waals surface area (Å²) in [5.41, 5.74) is 0.983. The van der Waals surface area contributed by atoms with E-state index in [0.717, 1.165) is 31.8 Å². The fourth-order valence-electron chi connectivity index (χ4n) is 2.21. The van der Waals surface area contributed by atoms with Crippen molar-refractivity contribution in [3.8, 4) is 11.5 Å². The fraction of sp³-hybridized carbons (Fsp3) is 0.538. The Morgan fingerprint density at radius 3 is 3.25 bits per heavy atom. The summed E-state index contributed by atoms with van der Waals surface area (Å²) >= 11 is 1.62. The minimum atomic E-state index is 0.233. The topological polar surface area (TPSA) is 63.4 Å². The molecule has 3 rings (SSSR count). The number of likely N-dealkylation sites (N-methyl/N-ethyl adjacent to an activating group) is 1. The Morgan fingerprint density at radius 1 is 1.55 bits per heavy atom. The number of aromatic nitrogens is 2. The molecule has 0 radical (unpaired) electrons. The average molecular weight is 294 g/mol. The summed E-state index contributed by atoms with van der Waals surface area (Å²) in [6.07, 6.45) is 0.233. The molecule has 6 nitrogen and oxygen atoms in total. The molecule has 1 aliphatic heterocycles. The van der Waals surface area contributed by atoms with E-state index in [1.807, 2.05) is 23.9 Å². The van der Waals surface area contributed by atoms with Crippen molar-refractivity contribution >= 4 is 11.3 Å². The van der Waals surface area contributed by atoms with Gasteiger partial charge in [-0.25, -0.2) is 0 Å². The molecule has 2 aromatic rings. The van der Waals surface area contributed by atoms with Gasteiger partial charge in [0.1, 0.15) is 0 Å². The second kappa shape index (κ2) is 6.45. The first-order chi connectivity index (χ1) is 9.81.